The van der Waals surface area contributed by atoms with Gasteiger partial charge in [-0.15, -0.1) is 0 Å². The summed E-state index contributed by atoms with van der Waals surface area (Å²) in [5.74, 6) is 0. The zero-order chi connectivity index (χ0) is 13.2. The Bertz CT molecular complexity index is 441. The van der Waals surface area contributed by atoms with E-state index in [0.29, 0.717) is 16.4 Å². The highest BCUT2D eigenvalue weighted by Gasteiger charge is 2.27. The predicted octanol–water partition coefficient (Wildman–Crippen LogP) is 3.19. The summed E-state index contributed by atoms with van der Waals surface area (Å²) < 4.78 is 15.7. The zero-order valence-electron chi connectivity index (χ0n) is 10.5. The molecule has 0 aromatic heterocycles. The topological polar surface area (TPSA) is 61.4 Å². The fourth-order valence-electron chi connectivity index (χ4n) is 1.14. The number of halogens is 1. The van der Waals surface area contributed by atoms with Crippen LogP contribution in [-0.4, -0.2) is 15.0 Å². The molecule has 0 spiro atoms. The predicted molar refractivity (Wildman–Crippen MR) is 76.0 cm³/mol. The van der Waals surface area contributed by atoms with Gasteiger partial charge < -0.3 is 10.3 Å². The van der Waals surface area contributed by atoms with E-state index in [9.17, 15) is 4.55 Å². The van der Waals surface area contributed by atoms with Gasteiger partial charge in [-0.05, 0) is 33.8 Å². The SMILES string of the molecule is CC(=N[S+]([O-])C(C)(C)C)c1cccc(N)c1Cl. The maximum atomic E-state index is 11.9. The summed E-state index contributed by atoms with van der Waals surface area (Å²) >= 11 is 4.79. The van der Waals surface area contributed by atoms with Crippen LogP contribution in [0.1, 0.15) is 33.3 Å². The van der Waals surface area contributed by atoms with Crippen molar-refractivity contribution < 1.29 is 4.55 Å². The van der Waals surface area contributed by atoms with Crippen molar-refractivity contribution in [1.29, 1.82) is 0 Å². The number of nitrogen functional groups attached to an aromatic ring is 1. The van der Waals surface area contributed by atoms with Gasteiger partial charge in [0, 0.05) is 5.56 Å². The lowest BCUT2D eigenvalue weighted by Crippen LogP contribution is -2.26. The molecule has 1 rings (SSSR count). The average molecular weight is 273 g/mol. The molecule has 0 saturated carbocycles. The quantitative estimate of drug-likeness (QED) is 0.511. The summed E-state index contributed by atoms with van der Waals surface area (Å²) in [5, 5.41) is 0.458. The lowest BCUT2D eigenvalue weighted by molar-refractivity contribution is 0.561. The highest BCUT2D eigenvalue weighted by Crippen LogP contribution is 2.25. The Labute approximate surface area is 110 Å². The first kappa shape index (κ1) is 14.4. The molecule has 0 aliphatic rings. The largest absolute Gasteiger partial charge is 0.591 e. The molecule has 94 valence electrons. The third-order valence-electron chi connectivity index (χ3n) is 2.16. The van der Waals surface area contributed by atoms with Gasteiger partial charge >= 0.3 is 0 Å². The lowest BCUT2D eigenvalue weighted by atomic mass is 10.1. The summed E-state index contributed by atoms with van der Waals surface area (Å²) in [6.45, 7) is 7.41. The number of nitrogens with zero attached hydrogens (tertiary/aromatic N) is 1. The number of hydrogen-bond donors (Lipinski definition) is 1. The van der Waals surface area contributed by atoms with Gasteiger partial charge in [-0.2, -0.15) is 0 Å². The van der Waals surface area contributed by atoms with Gasteiger partial charge in [0.05, 0.1) is 16.4 Å². The van der Waals surface area contributed by atoms with Crippen molar-refractivity contribution in [2.24, 2.45) is 4.40 Å². The van der Waals surface area contributed by atoms with E-state index >= 15 is 0 Å². The maximum Gasteiger partial charge on any atom is 0.144 e. The van der Waals surface area contributed by atoms with Gasteiger partial charge in [0.25, 0.3) is 0 Å². The monoisotopic (exact) mass is 272 g/mol. The summed E-state index contributed by atoms with van der Waals surface area (Å²) in [5.41, 5.74) is 7.57. The molecule has 3 nitrogen and oxygen atoms in total. The zero-order valence-corrected chi connectivity index (χ0v) is 12.0. The second-order valence-corrected chi connectivity index (χ2v) is 7.03. The van der Waals surface area contributed by atoms with Gasteiger partial charge in [0.15, 0.2) is 0 Å². The second-order valence-electron chi connectivity index (χ2n) is 4.75. The van der Waals surface area contributed by atoms with E-state index in [1.807, 2.05) is 26.8 Å². The van der Waals surface area contributed by atoms with Crippen LogP contribution in [0.2, 0.25) is 5.02 Å². The molecular weight excluding hydrogens is 256 g/mol. The van der Waals surface area contributed by atoms with Crippen LogP contribution in [0.15, 0.2) is 22.6 Å². The second kappa shape index (κ2) is 5.29. The molecule has 1 atom stereocenters. The molecule has 0 aliphatic carbocycles. The molecular formula is C12H17ClN2OS. The Morgan fingerprint density at radius 1 is 1.41 bits per heavy atom. The van der Waals surface area contributed by atoms with E-state index in [0.717, 1.165) is 5.56 Å². The van der Waals surface area contributed by atoms with E-state index in [-0.39, 0.29) is 4.75 Å². The van der Waals surface area contributed by atoms with Crippen LogP contribution < -0.4 is 5.73 Å². The van der Waals surface area contributed by atoms with Crippen LogP contribution in [0.25, 0.3) is 0 Å². The smallest absolute Gasteiger partial charge is 0.144 e. The molecule has 1 aromatic carbocycles. The molecule has 1 unspecified atom stereocenters. The molecule has 0 saturated heterocycles. The van der Waals surface area contributed by atoms with E-state index in [1.54, 1.807) is 19.1 Å². The van der Waals surface area contributed by atoms with Crippen molar-refractivity contribution in [2.45, 2.75) is 32.4 Å². The molecule has 17 heavy (non-hydrogen) atoms. The number of anilines is 1. The molecule has 0 amide bonds. The Kier molecular flexibility index (Phi) is 4.47. The molecule has 1 aromatic rings. The molecule has 0 bridgehead atoms. The van der Waals surface area contributed by atoms with Gasteiger partial charge in [0.2, 0.25) is 0 Å². The number of nitrogens with two attached hydrogens (primary N) is 1. The van der Waals surface area contributed by atoms with Gasteiger partial charge in [0.1, 0.15) is 16.1 Å². The number of hydrogen-bond acceptors (Lipinski definition) is 3. The van der Waals surface area contributed by atoms with Crippen LogP contribution in [0.3, 0.4) is 0 Å². The first-order valence-electron chi connectivity index (χ1n) is 5.25. The van der Waals surface area contributed by atoms with Gasteiger partial charge in [-0.25, -0.2) is 0 Å². The van der Waals surface area contributed by atoms with Crippen LogP contribution in [0.5, 0.6) is 0 Å². The molecule has 0 aliphatic heterocycles. The van der Waals surface area contributed by atoms with Crippen molar-refractivity contribution in [3.8, 4) is 0 Å². The molecule has 0 radical (unpaired) electrons. The summed E-state index contributed by atoms with van der Waals surface area (Å²) in [7, 11) is 0. The molecule has 2 N–H and O–H groups in total. The van der Waals surface area contributed by atoms with E-state index in [2.05, 4.69) is 4.40 Å². The average Bonchev–Trinajstić information content (AvgIpc) is 2.20. The first-order valence-corrected chi connectivity index (χ1v) is 6.73. The Morgan fingerprint density at radius 2 is 2.00 bits per heavy atom. The normalized spacial score (nSPS) is 14.8. The summed E-state index contributed by atoms with van der Waals surface area (Å²) in [6.07, 6.45) is 0. The summed E-state index contributed by atoms with van der Waals surface area (Å²) in [6, 6.07) is 5.34. The maximum absolute atomic E-state index is 11.9. The lowest BCUT2D eigenvalue weighted by Gasteiger charge is -2.19. The fourth-order valence-corrected chi connectivity index (χ4v) is 2.02. The summed E-state index contributed by atoms with van der Waals surface area (Å²) in [4.78, 5) is 0. The Morgan fingerprint density at radius 3 is 2.53 bits per heavy atom. The molecule has 0 heterocycles. The third-order valence-corrected chi connectivity index (χ3v) is 4.07. The molecule has 0 fully saturated rings. The van der Waals surface area contributed by atoms with Crippen LogP contribution in [0.4, 0.5) is 5.69 Å². The highest BCUT2D eigenvalue weighted by molar-refractivity contribution is 7.91. The minimum absolute atomic E-state index is 0.381. The highest BCUT2D eigenvalue weighted by atomic mass is 35.5. The van der Waals surface area contributed by atoms with Crippen molar-refractivity contribution in [3.05, 3.63) is 28.8 Å². The van der Waals surface area contributed by atoms with E-state index in [4.69, 9.17) is 17.3 Å². The minimum Gasteiger partial charge on any atom is -0.591 e. The van der Waals surface area contributed by atoms with Crippen LogP contribution in [-0.2, 0) is 11.4 Å². The Hall–Kier alpha value is -0.710. The van der Waals surface area contributed by atoms with Crippen LogP contribution >= 0.6 is 11.6 Å². The van der Waals surface area contributed by atoms with Gasteiger partial charge in [-0.1, -0.05) is 28.1 Å². The fraction of sp³-hybridized carbons (Fsp3) is 0.417. The third kappa shape index (κ3) is 3.63. The van der Waals surface area contributed by atoms with Crippen molar-refractivity contribution in [2.75, 3.05) is 5.73 Å². The van der Waals surface area contributed by atoms with Crippen molar-refractivity contribution >= 4 is 34.4 Å². The van der Waals surface area contributed by atoms with Crippen molar-refractivity contribution in [1.82, 2.24) is 0 Å². The van der Waals surface area contributed by atoms with E-state index < -0.39 is 11.4 Å². The standard InChI is InChI=1S/C12H17ClN2OS/c1-8(15-17(16)12(2,3)4)9-6-5-7-10(14)11(9)13/h5-7H,14H2,1-4H3. The number of rotatable bonds is 2. The minimum atomic E-state index is -1.29. The van der Waals surface area contributed by atoms with Crippen molar-refractivity contribution in [3.63, 3.8) is 0 Å². The number of benzene rings is 1. The first-order chi connectivity index (χ1) is 7.73. The van der Waals surface area contributed by atoms with E-state index in [1.165, 1.54) is 0 Å². The van der Waals surface area contributed by atoms with Gasteiger partial charge in [-0.3, -0.25) is 0 Å². The van der Waals surface area contributed by atoms with Crippen LogP contribution in [0, 0.1) is 0 Å². The molecule has 5 heteroatoms. The Balaban J connectivity index is 3.09.